The Labute approximate surface area is 259 Å². The number of rotatable bonds is 9. The topological polar surface area (TPSA) is 117 Å². The summed E-state index contributed by atoms with van der Waals surface area (Å²) in [4.78, 5) is 20.0. The number of aromatic amines is 2. The van der Waals surface area contributed by atoms with E-state index >= 15 is 8.78 Å². The number of nitrogens with one attached hydrogen (secondary N) is 3. The second-order valence-electron chi connectivity index (χ2n) is 11.4. The lowest BCUT2D eigenvalue weighted by atomic mass is 10.1. The zero-order chi connectivity index (χ0) is 31.8. The third-order valence-corrected chi connectivity index (χ3v) is 7.09. The van der Waals surface area contributed by atoms with Gasteiger partial charge in [0.2, 0.25) is 0 Å². The van der Waals surface area contributed by atoms with Gasteiger partial charge in [-0.15, -0.1) is 0 Å². The maximum Gasteiger partial charge on any atom is 0.198 e. The number of aliphatic imine (C=N–C) groups is 1. The Bertz CT molecular complexity index is 2050. The van der Waals surface area contributed by atoms with Crippen molar-refractivity contribution < 1.29 is 13.5 Å². The molecule has 0 unspecified atom stereocenters. The Balaban J connectivity index is 1.20. The van der Waals surface area contributed by atoms with Crippen molar-refractivity contribution in [3.63, 3.8) is 0 Å². The fraction of sp³-hybridized carbons (Fsp3) is 0.171. The summed E-state index contributed by atoms with van der Waals surface area (Å²) < 4.78 is 36.0. The fourth-order valence-electron chi connectivity index (χ4n) is 5.02. The first kappa shape index (κ1) is 29.6. The molecule has 5 N–H and O–H groups in total. The molecule has 0 bridgehead atoms. The van der Waals surface area contributed by atoms with Crippen LogP contribution in [-0.2, 0) is 0 Å². The molecule has 8 nitrogen and oxygen atoms in total. The van der Waals surface area contributed by atoms with Gasteiger partial charge in [-0.3, -0.25) is 4.99 Å². The van der Waals surface area contributed by atoms with E-state index in [9.17, 15) is 0 Å². The summed E-state index contributed by atoms with van der Waals surface area (Å²) in [7, 11) is 0. The lowest BCUT2D eigenvalue weighted by Gasteiger charge is -2.12. The highest BCUT2D eigenvalue weighted by Crippen LogP contribution is 2.33. The van der Waals surface area contributed by atoms with Crippen LogP contribution in [0, 0.1) is 11.6 Å². The molecule has 0 aliphatic rings. The van der Waals surface area contributed by atoms with Gasteiger partial charge in [0.25, 0.3) is 0 Å². The summed E-state index contributed by atoms with van der Waals surface area (Å²) in [5.74, 6) is -0.567. The minimum Gasteiger partial charge on any atom is -0.451 e. The molecule has 2 aromatic heterocycles. The minimum absolute atomic E-state index is 0.0480. The molecule has 6 rings (SSSR count). The van der Waals surface area contributed by atoms with Crippen LogP contribution in [0.25, 0.3) is 50.5 Å². The standard InChI is InChI=1S/C35H33F2N7O/c1-18(2)39-20(5)22-8-12-28-30(16-22)43-34(41-28)21-6-10-25(11-7-21)45-32-26(36)14-24(15-27(32)37)35-42-29-13-9-23(17-31(29)44-35)33(38)40-19(3)4/h6-19,39H,5H2,1-4H3,(H2,38,40)(H,41,43)(H,42,44). The lowest BCUT2D eigenvalue weighted by molar-refractivity contribution is 0.408. The van der Waals surface area contributed by atoms with Crippen molar-refractivity contribution in [3.8, 4) is 34.3 Å². The van der Waals surface area contributed by atoms with Gasteiger partial charge in [-0.1, -0.05) is 12.6 Å². The van der Waals surface area contributed by atoms with Crippen molar-refractivity contribution >= 4 is 33.6 Å². The first-order valence-electron chi connectivity index (χ1n) is 14.6. The lowest BCUT2D eigenvalue weighted by Crippen LogP contribution is -2.20. The van der Waals surface area contributed by atoms with E-state index in [2.05, 4.69) is 50.7 Å². The molecule has 0 fully saturated rings. The average molecular weight is 606 g/mol. The van der Waals surface area contributed by atoms with Gasteiger partial charge in [-0.2, -0.15) is 0 Å². The molecule has 0 radical (unpaired) electrons. The average Bonchev–Trinajstić information content (AvgIpc) is 3.62. The number of nitrogens with two attached hydrogens (primary N) is 1. The summed E-state index contributed by atoms with van der Waals surface area (Å²) in [5.41, 5.74) is 12.6. The first-order chi connectivity index (χ1) is 21.5. The Kier molecular flexibility index (Phi) is 7.80. The number of hydrogen-bond donors (Lipinski definition) is 4. The third kappa shape index (κ3) is 6.26. The molecule has 228 valence electrons. The van der Waals surface area contributed by atoms with Crippen molar-refractivity contribution in [3.05, 3.63) is 102 Å². The van der Waals surface area contributed by atoms with E-state index in [0.29, 0.717) is 28.5 Å². The van der Waals surface area contributed by atoms with Gasteiger partial charge in [0.05, 0.1) is 22.1 Å². The summed E-state index contributed by atoms with van der Waals surface area (Å²) >= 11 is 0. The van der Waals surface area contributed by atoms with Crippen molar-refractivity contribution in [1.82, 2.24) is 25.3 Å². The van der Waals surface area contributed by atoms with Crippen LogP contribution < -0.4 is 15.8 Å². The third-order valence-electron chi connectivity index (χ3n) is 7.09. The van der Waals surface area contributed by atoms with E-state index < -0.39 is 17.4 Å². The predicted octanol–water partition coefficient (Wildman–Crippen LogP) is 7.93. The second-order valence-corrected chi connectivity index (χ2v) is 11.4. The van der Waals surface area contributed by atoms with Crippen LogP contribution in [0.2, 0.25) is 0 Å². The van der Waals surface area contributed by atoms with Crippen LogP contribution in [0.15, 0.2) is 84.4 Å². The number of halogens is 2. The van der Waals surface area contributed by atoms with Gasteiger partial charge < -0.3 is 25.8 Å². The van der Waals surface area contributed by atoms with Gasteiger partial charge >= 0.3 is 0 Å². The van der Waals surface area contributed by atoms with Crippen molar-refractivity contribution in [2.75, 3.05) is 0 Å². The Morgan fingerprint density at radius 2 is 1.36 bits per heavy atom. The van der Waals surface area contributed by atoms with E-state index in [1.165, 1.54) is 12.1 Å². The number of ether oxygens (including phenoxy) is 1. The predicted molar refractivity (Wildman–Crippen MR) is 176 cm³/mol. The smallest absolute Gasteiger partial charge is 0.198 e. The highest BCUT2D eigenvalue weighted by Gasteiger charge is 2.17. The zero-order valence-electron chi connectivity index (χ0n) is 25.4. The monoisotopic (exact) mass is 605 g/mol. The van der Waals surface area contributed by atoms with Crippen LogP contribution in [0.5, 0.6) is 11.5 Å². The molecular formula is C35H33F2N7O. The number of H-pyrrole nitrogens is 2. The van der Waals surface area contributed by atoms with E-state index in [1.807, 2.05) is 44.2 Å². The normalized spacial score (nSPS) is 12.0. The molecule has 0 saturated carbocycles. The van der Waals surface area contributed by atoms with E-state index in [0.717, 1.165) is 33.4 Å². The van der Waals surface area contributed by atoms with Crippen LogP contribution >= 0.6 is 0 Å². The number of nitrogens with zero attached hydrogens (tertiary/aromatic N) is 3. The van der Waals surface area contributed by atoms with Gasteiger partial charge in [-0.25, -0.2) is 18.7 Å². The van der Waals surface area contributed by atoms with Gasteiger partial charge in [0.15, 0.2) is 17.4 Å². The number of imidazole rings is 2. The maximum absolute atomic E-state index is 15.2. The molecule has 6 aromatic rings. The van der Waals surface area contributed by atoms with Crippen molar-refractivity contribution in [1.29, 1.82) is 0 Å². The SMILES string of the molecule is C=C(NC(C)C)c1ccc2nc(-c3ccc(Oc4c(F)cc(-c5nc6ccc(C(N)=NC(C)C)cc6[nH]5)cc4F)cc3)[nH]c2c1. The highest BCUT2D eigenvalue weighted by molar-refractivity contribution is 6.00. The number of aromatic nitrogens is 4. The van der Waals surface area contributed by atoms with Gasteiger partial charge in [0.1, 0.15) is 23.2 Å². The van der Waals surface area contributed by atoms with E-state index in [4.69, 9.17) is 10.5 Å². The highest BCUT2D eigenvalue weighted by atomic mass is 19.1. The number of benzene rings is 4. The molecule has 10 heteroatoms. The summed E-state index contributed by atoms with van der Waals surface area (Å²) in [5, 5.41) is 3.31. The fourth-order valence-corrected chi connectivity index (χ4v) is 5.02. The number of amidine groups is 1. The molecule has 0 spiro atoms. The zero-order valence-corrected chi connectivity index (χ0v) is 25.4. The Morgan fingerprint density at radius 3 is 1.93 bits per heavy atom. The van der Waals surface area contributed by atoms with Crippen LogP contribution in [0.4, 0.5) is 8.78 Å². The Hall–Kier alpha value is -5.51. The summed E-state index contributed by atoms with van der Waals surface area (Å²) in [6, 6.07) is 20.8. The molecule has 2 heterocycles. The largest absolute Gasteiger partial charge is 0.451 e. The van der Waals surface area contributed by atoms with Crippen LogP contribution in [0.1, 0.15) is 38.8 Å². The van der Waals surface area contributed by atoms with Crippen LogP contribution in [-0.4, -0.2) is 37.9 Å². The molecule has 0 aliphatic carbocycles. The molecule has 0 aliphatic heterocycles. The number of hydrogen-bond acceptors (Lipinski definition) is 5. The van der Waals surface area contributed by atoms with E-state index in [1.54, 1.807) is 30.3 Å². The van der Waals surface area contributed by atoms with Crippen LogP contribution in [0.3, 0.4) is 0 Å². The first-order valence-corrected chi connectivity index (χ1v) is 14.6. The van der Waals surface area contributed by atoms with Crippen molar-refractivity contribution in [2.24, 2.45) is 10.7 Å². The number of fused-ring (bicyclic) bond motifs is 2. The molecular weight excluding hydrogens is 572 g/mol. The minimum atomic E-state index is -0.856. The quantitative estimate of drug-likeness (QED) is 0.0987. The van der Waals surface area contributed by atoms with Gasteiger partial charge in [0, 0.05) is 34.5 Å². The molecule has 45 heavy (non-hydrogen) atoms. The Morgan fingerprint density at radius 1 is 0.800 bits per heavy atom. The maximum atomic E-state index is 15.2. The van der Waals surface area contributed by atoms with Crippen molar-refractivity contribution in [2.45, 2.75) is 39.8 Å². The molecule has 0 atom stereocenters. The summed E-state index contributed by atoms with van der Waals surface area (Å²) in [6.45, 7) is 12.1. The second kappa shape index (κ2) is 11.9. The summed E-state index contributed by atoms with van der Waals surface area (Å²) in [6.07, 6.45) is 0. The van der Waals surface area contributed by atoms with Gasteiger partial charge in [-0.05, 0) is 100.0 Å². The van der Waals surface area contributed by atoms with E-state index in [-0.39, 0.29) is 23.4 Å². The molecule has 4 aromatic carbocycles. The molecule has 0 saturated heterocycles. The molecule has 0 amide bonds.